The third kappa shape index (κ3) is 4.69. The first-order chi connectivity index (χ1) is 24.8. The van der Waals surface area contributed by atoms with Gasteiger partial charge in [-0.2, -0.15) is 0 Å². The molecule has 0 N–H and O–H groups in total. The van der Waals surface area contributed by atoms with Crippen LogP contribution in [-0.2, 0) is 0 Å². The molecule has 50 heavy (non-hydrogen) atoms. The minimum atomic E-state index is 0.685. The fraction of sp³-hybridized carbons (Fsp3) is 0. The number of para-hydroxylation sites is 3. The Kier molecular flexibility index (Phi) is 6.46. The molecule has 0 aliphatic carbocycles. The zero-order chi connectivity index (χ0) is 33.0. The third-order valence-electron chi connectivity index (χ3n) is 9.63. The molecular formula is C46H29N3O. The van der Waals surface area contributed by atoms with Gasteiger partial charge in [0.2, 0.25) is 0 Å². The van der Waals surface area contributed by atoms with E-state index in [9.17, 15) is 0 Å². The van der Waals surface area contributed by atoms with Crippen molar-refractivity contribution in [3.8, 4) is 50.7 Å². The number of hydrogen-bond donors (Lipinski definition) is 0. The Morgan fingerprint density at radius 2 is 0.900 bits per heavy atom. The molecule has 0 spiro atoms. The second kappa shape index (κ2) is 11.4. The molecule has 7 aromatic carbocycles. The summed E-state index contributed by atoms with van der Waals surface area (Å²) in [6.45, 7) is 0. The summed E-state index contributed by atoms with van der Waals surface area (Å²) >= 11 is 0. The van der Waals surface area contributed by atoms with Crippen molar-refractivity contribution in [1.82, 2.24) is 14.5 Å². The van der Waals surface area contributed by atoms with Crippen LogP contribution < -0.4 is 0 Å². The van der Waals surface area contributed by atoms with Crippen LogP contribution in [0.4, 0.5) is 0 Å². The second-order valence-electron chi connectivity index (χ2n) is 12.6. The second-order valence-corrected chi connectivity index (χ2v) is 12.6. The van der Waals surface area contributed by atoms with Crippen LogP contribution in [0.5, 0.6) is 0 Å². The molecule has 0 atom stereocenters. The number of benzene rings is 7. The fourth-order valence-electron chi connectivity index (χ4n) is 7.21. The van der Waals surface area contributed by atoms with Gasteiger partial charge in [-0.1, -0.05) is 121 Å². The summed E-state index contributed by atoms with van der Waals surface area (Å²) in [5.74, 6) is 0.685. The van der Waals surface area contributed by atoms with Crippen LogP contribution in [0.3, 0.4) is 0 Å². The van der Waals surface area contributed by atoms with Gasteiger partial charge in [0.05, 0.1) is 22.4 Å². The van der Waals surface area contributed by atoms with E-state index in [-0.39, 0.29) is 0 Å². The molecule has 0 aliphatic heterocycles. The molecule has 3 aromatic heterocycles. The lowest BCUT2D eigenvalue weighted by Crippen LogP contribution is -1.97. The van der Waals surface area contributed by atoms with Crippen LogP contribution in [0.1, 0.15) is 0 Å². The highest BCUT2D eigenvalue weighted by Gasteiger charge is 2.15. The summed E-state index contributed by atoms with van der Waals surface area (Å²) in [5.41, 5.74) is 12.3. The monoisotopic (exact) mass is 639 g/mol. The molecule has 0 unspecified atom stereocenters. The molecule has 4 nitrogen and oxygen atoms in total. The summed E-state index contributed by atoms with van der Waals surface area (Å²) in [4.78, 5) is 10.3. The molecule has 10 aromatic rings. The predicted molar refractivity (Wildman–Crippen MR) is 205 cm³/mol. The topological polar surface area (TPSA) is 43.9 Å². The summed E-state index contributed by atoms with van der Waals surface area (Å²) in [6, 6.07) is 61.4. The molecule has 10 rings (SSSR count). The molecular weight excluding hydrogens is 611 g/mol. The van der Waals surface area contributed by atoms with E-state index in [2.05, 4.69) is 150 Å². The van der Waals surface area contributed by atoms with E-state index in [0.717, 1.165) is 66.8 Å². The first kappa shape index (κ1) is 28.3. The normalized spacial score (nSPS) is 11.6. The Bertz CT molecular complexity index is 2810. The minimum Gasteiger partial charge on any atom is -0.456 e. The minimum absolute atomic E-state index is 0.685. The van der Waals surface area contributed by atoms with Gasteiger partial charge in [0.1, 0.15) is 11.2 Å². The Hall–Kier alpha value is -6.78. The quantitative estimate of drug-likeness (QED) is 0.188. The van der Waals surface area contributed by atoms with Crippen LogP contribution in [-0.4, -0.2) is 14.5 Å². The Labute approximate surface area is 288 Å². The number of fused-ring (bicyclic) bond motifs is 6. The molecule has 0 radical (unpaired) electrons. The maximum Gasteiger partial charge on any atom is 0.160 e. The van der Waals surface area contributed by atoms with Crippen LogP contribution in [0.2, 0.25) is 0 Å². The van der Waals surface area contributed by atoms with Crippen molar-refractivity contribution < 1.29 is 4.42 Å². The van der Waals surface area contributed by atoms with E-state index in [1.54, 1.807) is 0 Å². The number of hydrogen-bond acceptors (Lipinski definition) is 3. The number of aromatic nitrogens is 3. The zero-order valence-electron chi connectivity index (χ0n) is 27.0. The smallest absolute Gasteiger partial charge is 0.160 e. The summed E-state index contributed by atoms with van der Waals surface area (Å²) < 4.78 is 8.43. The van der Waals surface area contributed by atoms with Gasteiger partial charge in [-0.3, -0.25) is 0 Å². The first-order valence-corrected chi connectivity index (χ1v) is 16.8. The maximum absolute atomic E-state index is 6.09. The first-order valence-electron chi connectivity index (χ1n) is 16.8. The van der Waals surface area contributed by atoms with E-state index in [0.29, 0.717) is 5.82 Å². The van der Waals surface area contributed by atoms with Crippen molar-refractivity contribution in [3.63, 3.8) is 0 Å². The molecule has 0 aliphatic rings. The van der Waals surface area contributed by atoms with Gasteiger partial charge in [0, 0.05) is 43.9 Å². The Morgan fingerprint density at radius 1 is 0.360 bits per heavy atom. The van der Waals surface area contributed by atoms with Crippen LogP contribution in [0.25, 0.3) is 94.5 Å². The van der Waals surface area contributed by atoms with Crippen LogP contribution >= 0.6 is 0 Å². The Morgan fingerprint density at radius 3 is 1.64 bits per heavy atom. The lowest BCUT2D eigenvalue weighted by Gasteiger charge is -2.12. The third-order valence-corrected chi connectivity index (χ3v) is 9.63. The van der Waals surface area contributed by atoms with Crippen molar-refractivity contribution in [1.29, 1.82) is 0 Å². The van der Waals surface area contributed by atoms with Crippen molar-refractivity contribution in [2.75, 3.05) is 0 Å². The standard InChI is InChI=1S/C46H29N3O/c1-2-11-30(12-3-1)40-29-41(31-21-24-35(25-22-31)49-42-18-7-4-15-36(42)37-16-5-8-19-43(37)49)48-46(47-40)34-14-10-13-32(27-34)33-23-26-45-39(28-33)38-17-6-9-20-44(38)50-45/h1-29H. The highest BCUT2D eigenvalue weighted by atomic mass is 16.3. The van der Waals surface area contributed by atoms with Gasteiger partial charge < -0.3 is 8.98 Å². The number of furan rings is 1. The van der Waals surface area contributed by atoms with Crippen LogP contribution in [0, 0.1) is 0 Å². The van der Waals surface area contributed by atoms with Crippen molar-refractivity contribution in [3.05, 3.63) is 176 Å². The fourth-order valence-corrected chi connectivity index (χ4v) is 7.21. The van der Waals surface area contributed by atoms with E-state index in [1.807, 2.05) is 30.3 Å². The molecule has 0 bridgehead atoms. The van der Waals surface area contributed by atoms with Crippen molar-refractivity contribution in [2.24, 2.45) is 0 Å². The highest BCUT2D eigenvalue weighted by molar-refractivity contribution is 6.09. The number of nitrogens with zero attached hydrogens (tertiary/aromatic N) is 3. The van der Waals surface area contributed by atoms with E-state index in [4.69, 9.17) is 14.4 Å². The van der Waals surface area contributed by atoms with Gasteiger partial charge >= 0.3 is 0 Å². The average molecular weight is 640 g/mol. The van der Waals surface area contributed by atoms with Gasteiger partial charge in [0.15, 0.2) is 5.82 Å². The van der Waals surface area contributed by atoms with Gasteiger partial charge in [-0.15, -0.1) is 0 Å². The molecule has 0 amide bonds. The van der Waals surface area contributed by atoms with Gasteiger partial charge in [0.25, 0.3) is 0 Å². The SMILES string of the molecule is c1ccc(-c2cc(-c3ccc(-n4c5ccccc5c5ccccc54)cc3)nc(-c3cccc(-c4ccc5oc6ccccc6c5c4)c3)n2)cc1. The van der Waals surface area contributed by atoms with Crippen molar-refractivity contribution in [2.45, 2.75) is 0 Å². The molecule has 0 saturated carbocycles. The lowest BCUT2D eigenvalue weighted by atomic mass is 10.00. The summed E-state index contributed by atoms with van der Waals surface area (Å²) in [6.07, 6.45) is 0. The largest absolute Gasteiger partial charge is 0.456 e. The summed E-state index contributed by atoms with van der Waals surface area (Å²) in [7, 11) is 0. The van der Waals surface area contributed by atoms with Gasteiger partial charge in [-0.25, -0.2) is 9.97 Å². The van der Waals surface area contributed by atoms with Crippen molar-refractivity contribution >= 4 is 43.7 Å². The summed E-state index contributed by atoms with van der Waals surface area (Å²) in [5, 5.41) is 4.73. The van der Waals surface area contributed by atoms with Crippen LogP contribution in [0.15, 0.2) is 180 Å². The maximum atomic E-state index is 6.09. The lowest BCUT2D eigenvalue weighted by molar-refractivity contribution is 0.669. The molecule has 3 heterocycles. The zero-order valence-corrected chi connectivity index (χ0v) is 27.0. The average Bonchev–Trinajstić information content (AvgIpc) is 3.74. The molecule has 0 saturated heterocycles. The predicted octanol–water partition coefficient (Wildman–Crippen LogP) is 12.1. The van der Waals surface area contributed by atoms with E-state index < -0.39 is 0 Å². The Balaban J connectivity index is 1.08. The molecule has 4 heteroatoms. The number of rotatable bonds is 5. The molecule has 0 fully saturated rings. The van der Waals surface area contributed by atoms with E-state index in [1.165, 1.54) is 21.8 Å². The van der Waals surface area contributed by atoms with E-state index >= 15 is 0 Å². The molecule has 234 valence electrons. The highest BCUT2D eigenvalue weighted by Crippen LogP contribution is 2.36. The van der Waals surface area contributed by atoms with Gasteiger partial charge in [-0.05, 0) is 65.7 Å².